The summed E-state index contributed by atoms with van der Waals surface area (Å²) < 4.78 is 0. The minimum Gasteiger partial charge on any atom is -0.399 e. The number of nitrogens with two attached hydrogens (primary N) is 2. The topological polar surface area (TPSA) is 72.3 Å². The van der Waals surface area contributed by atoms with Gasteiger partial charge >= 0.3 is 0 Å². The van der Waals surface area contributed by atoms with Crippen LogP contribution in [0.5, 0.6) is 0 Å². The van der Waals surface area contributed by atoms with Crippen molar-refractivity contribution in [3.63, 3.8) is 0 Å². The molecule has 1 atom stereocenters. The molecule has 0 bridgehead atoms. The molecule has 94 valence electrons. The summed E-state index contributed by atoms with van der Waals surface area (Å²) in [6.45, 7) is 4.26. The number of primary amides is 1. The highest BCUT2D eigenvalue weighted by Gasteiger charge is 2.16. The third-order valence-electron chi connectivity index (χ3n) is 3.03. The molecule has 0 fully saturated rings. The Balaban J connectivity index is 3.10. The fourth-order valence-electron chi connectivity index (χ4n) is 1.90. The molecule has 4 N–H and O–H groups in total. The lowest BCUT2D eigenvalue weighted by molar-refractivity contribution is 0.100. The van der Waals surface area contributed by atoms with Crippen molar-refractivity contribution in [2.45, 2.75) is 32.7 Å². The van der Waals surface area contributed by atoms with Gasteiger partial charge in [-0.25, -0.2) is 0 Å². The molecule has 0 saturated carbocycles. The average Bonchev–Trinajstić information content (AvgIpc) is 2.27. The van der Waals surface area contributed by atoms with E-state index in [0.29, 0.717) is 17.3 Å². The highest BCUT2D eigenvalue weighted by molar-refractivity contribution is 5.99. The van der Waals surface area contributed by atoms with E-state index < -0.39 is 5.91 Å². The molecule has 4 nitrogen and oxygen atoms in total. The molecule has 1 aromatic rings. The quantitative estimate of drug-likeness (QED) is 0.767. The van der Waals surface area contributed by atoms with Crippen LogP contribution >= 0.6 is 0 Å². The van der Waals surface area contributed by atoms with E-state index in [1.807, 2.05) is 7.05 Å². The van der Waals surface area contributed by atoms with Crippen LogP contribution in [0.15, 0.2) is 18.2 Å². The number of rotatable bonds is 5. The second kappa shape index (κ2) is 5.57. The minimum atomic E-state index is -0.421. The van der Waals surface area contributed by atoms with Gasteiger partial charge in [-0.15, -0.1) is 0 Å². The first kappa shape index (κ1) is 13.4. The van der Waals surface area contributed by atoms with E-state index in [9.17, 15) is 4.79 Å². The molecule has 1 aromatic carbocycles. The number of nitrogen functional groups attached to an aromatic ring is 1. The van der Waals surface area contributed by atoms with E-state index in [-0.39, 0.29) is 0 Å². The van der Waals surface area contributed by atoms with Crippen molar-refractivity contribution in [1.82, 2.24) is 0 Å². The summed E-state index contributed by atoms with van der Waals surface area (Å²) in [5.41, 5.74) is 13.1. The number of carbonyl (C=O) groups excluding carboxylic acids is 1. The van der Waals surface area contributed by atoms with Crippen molar-refractivity contribution in [3.8, 4) is 0 Å². The summed E-state index contributed by atoms with van der Waals surface area (Å²) in [6.07, 6.45) is 2.16. The van der Waals surface area contributed by atoms with E-state index in [2.05, 4.69) is 18.7 Å². The van der Waals surface area contributed by atoms with Crippen molar-refractivity contribution >= 4 is 17.3 Å². The Labute approximate surface area is 103 Å². The largest absolute Gasteiger partial charge is 0.399 e. The molecule has 0 aromatic heterocycles. The fourth-order valence-corrected chi connectivity index (χ4v) is 1.90. The second-order valence-electron chi connectivity index (χ2n) is 4.39. The molecule has 0 radical (unpaired) electrons. The Bertz CT molecular complexity index is 404. The number of hydrogen-bond acceptors (Lipinski definition) is 3. The standard InChI is InChI=1S/C13H21N3O/c1-4-5-9(2)16(3)12-8-10(14)6-7-11(12)13(15)17/h6-9H,4-5,14H2,1-3H3,(H2,15,17). The van der Waals surface area contributed by atoms with Gasteiger partial charge in [0.1, 0.15) is 0 Å². The second-order valence-corrected chi connectivity index (χ2v) is 4.39. The summed E-state index contributed by atoms with van der Waals surface area (Å²) in [5, 5.41) is 0. The molecule has 0 aliphatic rings. The van der Waals surface area contributed by atoms with Gasteiger partial charge in [-0.05, 0) is 31.5 Å². The lowest BCUT2D eigenvalue weighted by atomic mass is 10.1. The van der Waals surface area contributed by atoms with Crippen LogP contribution in [0.1, 0.15) is 37.0 Å². The maximum Gasteiger partial charge on any atom is 0.250 e. The third kappa shape index (κ3) is 3.12. The summed E-state index contributed by atoms with van der Waals surface area (Å²) in [7, 11) is 1.96. The lowest BCUT2D eigenvalue weighted by Crippen LogP contribution is -2.31. The number of anilines is 2. The van der Waals surface area contributed by atoms with Gasteiger partial charge in [0, 0.05) is 18.8 Å². The van der Waals surface area contributed by atoms with Crippen LogP contribution in [0.4, 0.5) is 11.4 Å². The van der Waals surface area contributed by atoms with E-state index >= 15 is 0 Å². The monoisotopic (exact) mass is 235 g/mol. The summed E-state index contributed by atoms with van der Waals surface area (Å²) in [4.78, 5) is 13.4. The predicted molar refractivity (Wildman–Crippen MR) is 72.1 cm³/mol. The molecule has 1 amide bonds. The fraction of sp³-hybridized carbons (Fsp3) is 0.462. The molecule has 0 saturated heterocycles. The van der Waals surface area contributed by atoms with Gasteiger partial charge in [0.15, 0.2) is 0 Å². The number of carbonyl (C=O) groups is 1. The van der Waals surface area contributed by atoms with E-state index in [4.69, 9.17) is 11.5 Å². The molecule has 0 spiro atoms. The highest BCUT2D eigenvalue weighted by atomic mass is 16.1. The molecule has 1 unspecified atom stereocenters. The maximum atomic E-state index is 11.4. The zero-order valence-corrected chi connectivity index (χ0v) is 10.7. The van der Waals surface area contributed by atoms with Crippen LogP contribution in [0.25, 0.3) is 0 Å². The van der Waals surface area contributed by atoms with Crippen molar-refractivity contribution < 1.29 is 4.79 Å². The van der Waals surface area contributed by atoms with Crippen molar-refractivity contribution in [2.24, 2.45) is 5.73 Å². The first-order valence-corrected chi connectivity index (χ1v) is 5.89. The SMILES string of the molecule is CCCC(C)N(C)c1cc(N)ccc1C(N)=O. The summed E-state index contributed by atoms with van der Waals surface area (Å²) in [6, 6.07) is 5.52. The predicted octanol–water partition coefficient (Wildman–Crippen LogP) is 1.99. The number of benzene rings is 1. The van der Waals surface area contributed by atoms with Crippen LogP contribution in [0.3, 0.4) is 0 Å². The number of hydrogen-bond donors (Lipinski definition) is 2. The molecular weight excluding hydrogens is 214 g/mol. The zero-order chi connectivity index (χ0) is 13.0. The maximum absolute atomic E-state index is 11.4. The van der Waals surface area contributed by atoms with Gasteiger partial charge in [0.05, 0.1) is 11.3 Å². The number of amides is 1. The van der Waals surface area contributed by atoms with E-state index in [0.717, 1.165) is 18.5 Å². The van der Waals surface area contributed by atoms with Crippen molar-refractivity contribution in [2.75, 3.05) is 17.7 Å². The van der Waals surface area contributed by atoms with Crippen LogP contribution in [-0.2, 0) is 0 Å². The van der Waals surface area contributed by atoms with Gasteiger partial charge in [-0.3, -0.25) is 4.79 Å². The normalized spacial score (nSPS) is 12.2. The molecule has 0 heterocycles. The van der Waals surface area contributed by atoms with Gasteiger partial charge in [-0.2, -0.15) is 0 Å². The van der Waals surface area contributed by atoms with Gasteiger partial charge in [0.25, 0.3) is 5.91 Å². The molecule has 17 heavy (non-hydrogen) atoms. The van der Waals surface area contributed by atoms with Crippen molar-refractivity contribution in [3.05, 3.63) is 23.8 Å². The molecule has 1 rings (SSSR count). The number of nitrogens with zero attached hydrogens (tertiary/aromatic N) is 1. The van der Waals surface area contributed by atoms with Gasteiger partial charge in [0.2, 0.25) is 0 Å². The van der Waals surface area contributed by atoms with Crippen LogP contribution in [0, 0.1) is 0 Å². The minimum absolute atomic E-state index is 0.347. The average molecular weight is 235 g/mol. The lowest BCUT2D eigenvalue weighted by Gasteiger charge is -2.28. The van der Waals surface area contributed by atoms with Crippen LogP contribution in [-0.4, -0.2) is 19.0 Å². The highest BCUT2D eigenvalue weighted by Crippen LogP contribution is 2.25. The Morgan fingerprint density at radius 3 is 2.65 bits per heavy atom. The molecule has 4 heteroatoms. The molecule has 0 aliphatic heterocycles. The van der Waals surface area contributed by atoms with Gasteiger partial charge in [-0.1, -0.05) is 13.3 Å². The zero-order valence-electron chi connectivity index (χ0n) is 10.7. The first-order chi connectivity index (χ1) is 7.97. The first-order valence-electron chi connectivity index (χ1n) is 5.89. The Morgan fingerprint density at radius 2 is 2.12 bits per heavy atom. The Morgan fingerprint density at radius 1 is 1.47 bits per heavy atom. The van der Waals surface area contributed by atoms with Gasteiger partial charge < -0.3 is 16.4 Å². The third-order valence-corrected chi connectivity index (χ3v) is 3.03. The smallest absolute Gasteiger partial charge is 0.250 e. The summed E-state index contributed by atoms with van der Waals surface area (Å²) >= 11 is 0. The van der Waals surface area contributed by atoms with E-state index in [1.54, 1.807) is 18.2 Å². The molecule has 0 aliphatic carbocycles. The Kier molecular flexibility index (Phi) is 4.37. The van der Waals surface area contributed by atoms with Crippen molar-refractivity contribution in [1.29, 1.82) is 0 Å². The molecular formula is C13H21N3O. The van der Waals surface area contributed by atoms with E-state index in [1.165, 1.54) is 0 Å². The summed E-state index contributed by atoms with van der Waals surface area (Å²) in [5.74, 6) is -0.421. The van der Waals surface area contributed by atoms with Crippen LogP contribution in [0.2, 0.25) is 0 Å². The van der Waals surface area contributed by atoms with Crippen LogP contribution < -0.4 is 16.4 Å². The Hall–Kier alpha value is -1.71.